The number of nitrogens with one attached hydrogen (secondary N) is 1. The van der Waals surface area contributed by atoms with Crippen molar-refractivity contribution in [3.8, 4) is 17.0 Å². The predicted octanol–water partition coefficient (Wildman–Crippen LogP) is 3.96. The van der Waals surface area contributed by atoms with E-state index in [1.807, 2.05) is 49.4 Å². The molecule has 0 aliphatic carbocycles. The Labute approximate surface area is 117 Å². The molecule has 1 heterocycles. The number of carbonyl (C=O) groups excluding carboxylic acids is 1. The van der Waals surface area contributed by atoms with Crippen molar-refractivity contribution in [3.05, 3.63) is 53.6 Å². The Bertz CT molecular complexity index is 770. The number of rotatable bonds is 3. The van der Waals surface area contributed by atoms with Crippen LogP contribution in [0.3, 0.4) is 0 Å². The van der Waals surface area contributed by atoms with Crippen molar-refractivity contribution in [3.63, 3.8) is 0 Å². The van der Waals surface area contributed by atoms with Crippen LogP contribution < -0.4 is 4.74 Å². The third kappa shape index (κ3) is 1.97. The third-order valence-corrected chi connectivity index (χ3v) is 3.50. The summed E-state index contributed by atoms with van der Waals surface area (Å²) in [5.41, 5.74) is 4.65. The minimum atomic E-state index is 0.669. The zero-order valence-electron chi connectivity index (χ0n) is 11.4. The maximum Gasteiger partial charge on any atom is 0.152 e. The lowest BCUT2D eigenvalue weighted by Gasteiger charge is -2.00. The van der Waals surface area contributed by atoms with Crippen LogP contribution >= 0.6 is 0 Å². The van der Waals surface area contributed by atoms with Gasteiger partial charge in [-0.2, -0.15) is 0 Å². The lowest BCUT2D eigenvalue weighted by molar-refractivity contribution is 0.112. The van der Waals surface area contributed by atoms with Crippen LogP contribution in [0.1, 0.15) is 15.9 Å². The van der Waals surface area contributed by atoms with E-state index in [-0.39, 0.29) is 0 Å². The average Bonchev–Trinajstić information content (AvgIpc) is 2.85. The van der Waals surface area contributed by atoms with E-state index < -0.39 is 0 Å². The van der Waals surface area contributed by atoms with Crippen LogP contribution in [-0.2, 0) is 0 Å². The summed E-state index contributed by atoms with van der Waals surface area (Å²) in [7, 11) is 1.62. The van der Waals surface area contributed by atoms with E-state index >= 15 is 0 Å². The molecule has 0 spiro atoms. The van der Waals surface area contributed by atoms with Crippen molar-refractivity contribution < 1.29 is 9.53 Å². The first-order valence-electron chi connectivity index (χ1n) is 6.45. The number of methoxy groups -OCH3 is 1. The number of hydrogen-bond acceptors (Lipinski definition) is 2. The largest absolute Gasteiger partial charge is 0.497 e. The Morgan fingerprint density at radius 3 is 2.50 bits per heavy atom. The van der Waals surface area contributed by atoms with E-state index in [1.54, 1.807) is 7.11 Å². The van der Waals surface area contributed by atoms with Gasteiger partial charge in [-0.05, 0) is 30.7 Å². The minimum absolute atomic E-state index is 0.669. The number of aromatic amines is 1. The maximum atomic E-state index is 11.5. The Morgan fingerprint density at radius 1 is 1.10 bits per heavy atom. The van der Waals surface area contributed by atoms with Crippen molar-refractivity contribution in [2.45, 2.75) is 6.92 Å². The summed E-state index contributed by atoms with van der Waals surface area (Å²) in [6.07, 6.45) is 0.896. The van der Waals surface area contributed by atoms with Crippen LogP contribution in [0.25, 0.3) is 22.2 Å². The Hall–Kier alpha value is -2.55. The normalized spacial score (nSPS) is 10.7. The summed E-state index contributed by atoms with van der Waals surface area (Å²) in [5.74, 6) is 0.745. The van der Waals surface area contributed by atoms with Crippen molar-refractivity contribution in [2.75, 3.05) is 7.11 Å². The molecular formula is C17H15NO2. The second kappa shape index (κ2) is 4.85. The Kier molecular flexibility index (Phi) is 3.03. The van der Waals surface area contributed by atoms with E-state index in [4.69, 9.17) is 4.74 Å². The highest BCUT2D eigenvalue weighted by Gasteiger charge is 2.13. The molecular weight excluding hydrogens is 250 g/mol. The number of ether oxygens (including phenoxy) is 1. The number of aryl methyl sites for hydroxylation is 1. The summed E-state index contributed by atoms with van der Waals surface area (Å²) in [5, 5.41) is 0.884. The molecule has 20 heavy (non-hydrogen) atoms. The average molecular weight is 265 g/mol. The lowest BCUT2D eigenvalue weighted by Crippen LogP contribution is -1.85. The molecule has 3 aromatic rings. The second-order valence-corrected chi connectivity index (χ2v) is 4.81. The van der Waals surface area contributed by atoms with E-state index in [0.717, 1.165) is 34.2 Å². The fraction of sp³-hybridized carbons (Fsp3) is 0.118. The molecule has 3 heteroatoms. The van der Waals surface area contributed by atoms with Gasteiger partial charge in [0.05, 0.1) is 12.8 Å². The van der Waals surface area contributed by atoms with E-state index in [2.05, 4.69) is 4.98 Å². The summed E-state index contributed by atoms with van der Waals surface area (Å²) in [6.45, 7) is 2.04. The summed E-state index contributed by atoms with van der Waals surface area (Å²) in [6, 6.07) is 13.8. The SMILES string of the molecule is COc1ccc2[nH]c(-c3ccc(C)cc3)c(C=O)c2c1. The van der Waals surface area contributed by atoms with Crippen LogP contribution in [0, 0.1) is 6.92 Å². The van der Waals surface area contributed by atoms with Crippen molar-refractivity contribution in [1.82, 2.24) is 4.98 Å². The molecule has 3 rings (SSSR count). The number of carbonyl (C=O) groups is 1. The Balaban J connectivity index is 2.25. The van der Waals surface area contributed by atoms with Gasteiger partial charge in [-0.25, -0.2) is 0 Å². The molecule has 2 aromatic carbocycles. The third-order valence-electron chi connectivity index (χ3n) is 3.50. The van der Waals surface area contributed by atoms with Gasteiger partial charge >= 0.3 is 0 Å². The molecule has 0 fully saturated rings. The van der Waals surface area contributed by atoms with Gasteiger partial charge in [0.25, 0.3) is 0 Å². The van der Waals surface area contributed by atoms with Crippen LogP contribution in [0.15, 0.2) is 42.5 Å². The number of fused-ring (bicyclic) bond motifs is 1. The molecule has 0 aliphatic rings. The predicted molar refractivity (Wildman–Crippen MR) is 80.4 cm³/mol. The number of benzene rings is 2. The van der Waals surface area contributed by atoms with Gasteiger partial charge in [-0.15, -0.1) is 0 Å². The fourth-order valence-electron chi connectivity index (χ4n) is 2.39. The number of aldehydes is 1. The standard InChI is InChI=1S/C17H15NO2/c1-11-3-5-12(6-4-11)17-15(10-19)14-9-13(20-2)7-8-16(14)18-17/h3-10,18H,1-2H3. The molecule has 0 amide bonds. The van der Waals surface area contributed by atoms with Gasteiger partial charge in [0.15, 0.2) is 6.29 Å². The molecule has 1 aromatic heterocycles. The highest BCUT2D eigenvalue weighted by atomic mass is 16.5. The van der Waals surface area contributed by atoms with Gasteiger partial charge in [-0.1, -0.05) is 29.8 Å². The monoisotopic (exact) mass is 265 g/mol. The Morgan fingerprint density at radius 2 is 1.85 bits per heavy atom. The van der Waals surface area contributed by atoms with E-state index in [0.29, 0.717) is 5.56 Å². The molecule has 0 radical (unpaired) electrons. The second-order valence-electron chi connectivity index (χ2n) is 4.81. The molecule has 0 saturated carbocycles. The van der Waals surface area contributed by atoms with Crippen LogP contribution in [0.5, 0.6) is 5.75 Å². The van der Waals surface area contributed by atoms with Crippen LogP contribution in [0.4, 0.5) is 0 Å². The van der Waals surface area contributed by atoms with Crippen molar-refractivity contribution in [1.29, 1.82) is 0 Å². The molecule has 0 aliphatic heterocycles. The number of aromatic nitrogens is 1. The smallest absolute Gasteiger partial charge is 0.152 e. The van der Waals surface area contributed by atoms with Gasteiger partial charge in [0.1, 0.15) is 5.75 Å². The number of hydrogen-bond donors (Lipinski definition) is 1. The molecule has 0 saturated heterocycles. The first-order valence-corrected chi connectivity index (χ1v) is 6.45. The van der Waals surface area contributed by atoms with Crippen LogP contribution in [0.2, 0.25) is 0 Å². The van der Waals surface area contributed by atoms with E-state index in [9.17, 15) is 4.79 Å². The summed E-state index contributed by atoms with van der Waals surface area (Å²) >= 11 is 0. The quantitative estimate of drug-likeness (QED) is 0.728. The minimum Gasteiger partial charge on any atom is -0.497 e. The molecule has 100 valence electrons. The van der Waals surface area contributed by atoms with Crippen molar-refractivity contribution in [2.24, 2.45) is 0 Å². The van der Waals surface area contributed by atoms with E-state index in [1.165, 1.54) is 5.56 Å². The van der Waals surface area contributed by atoms with Gasteiger partial charge in [0, 0.05) is 16.5 Å². The molecule has 0 atom stereocenters. The first-order chi connectivity index (χ1) is 9.72. The van der Waals surface area contributed by atoms with Crippen molar-refractivity contribution >= 4 is 17.2 Å². The molecule has 3 nitrogen and oxygen atoms in total. The number of H-pyrrole nitrogens is 1. The lowest BCUT2D eigenvalue weighted by atomic mass is 10.0. The zero-order chi connectivity index (χ0) is 14.1. The first kappa shape index (κ1) is 12.5. The topological polar surface area (TPSA) is 42.1 Å². The molecule has 0 bridgehead atoms. The van der Waals surface area contributed by atoms with Crippen LogP contribution in [-0.4, -0.2) is 18.4 Å². The highest BCUT2D eigenvalue weighted by Crippen LogP contribution is 2.31. The molecule has 0 unspecified atom stereocenters. The summed E-state index contributed by atoms with van der Waals surface area (Å²) < 4.78 is 5.22. The fourth-order valence-corrected chi connectivity index (χ4v) is 2.39. The maximum absolute atomic E-state index is 11.5. The van der Waals surface area contributed by atoms with Gasteiger partial charge in [-0.3, -0.25) is 4.79 Å². The zero-order valence-corrected chi connectivity index (χ0v) is 11.4. The molecule has 1 N–H and O–H groups in total. The highest BCUT2D eigenvalue weighted by molar-refractivity contribution is 6.04. The van der Waals surface area contributed by atoms with Gasteiger partial charge in [0.2, 0.25) is 0 Å². The van der Waals surface area contributed by atoms with Gasteiger partial charge < -0.3 is 9.72 Å². The summed E-state index contributed by atoms with van der Waals surface area (Å²) in [4.78, 5) is 14.8.